The van der Waals surface area contributed by atoms with E-state index >= 15 is 0 Å². The highest BCUT2D eigenvalue weighted by Crippen LogP contribution is 2.22. The van der Waals surface area contributed by atoms with Gasteiger partial charge in [-0.05, 0) is 55.2 Å². The summed E-state index contributed by atoms with van der Waals surface area (Å²) in [6.45, 7) is 14.4. The van der Waals surface area contributed by atoms with E-state index < -0.39 is 0 Å². The molecule has 0 aliphatic rings. The van der Waals surface area contributed by atoms with Crippen LogP contribution >= 0.6 is 0 Å². The second kappa shape index (κ2) is 10.8. The molecule has 120 valence electrons. The van der Waals surface area contributed by atoms with Crippen molar-refractivity contribution in [2.75, 3.05) is 0 Å². The summed E-state index contributed by atoms with van der Waals surface area (Å²) in [6.07, 6.45) is 1.42. The summed E-state index contributed by atoms with van der Waals surface area (Å²) in [5, 5.41) is 6.53. The number of nitrogens with one attached hydrogen (secondary N) is 1. The Morgan fingerprint density at radius 3 is 1.82 bits per heavy atom. The number of benzene rings is 2. The summed E-state index contributed by atoms with van der Waals surface area (Å²) in [5.74, 6) is 0.426. The second-order valence-corrected chi connectivity index (χ2v) is 5.58. The maximum atomic E-state index is 6.53. The quantitative estimate of drug-likeness (QED) is 0.604. The summed E-state index contributed by atoms with van der Waals surface area (Å²) < 4.78 is 0. The predicted molar refractivity (Wildman–Crippen MR) is 101 cm³/mol. The first-order chi connectivity index (χ1) is 10.4. The van der Waals surface area contributed by atoms with Crippen molar-refractivity contribution >= 4 is 6.21 Å². The molecular formula is C21H31N. The molecule has 0 spiro atoms. The molecule has 1 nitrogen and oxygen atoms in total. The molecule has 0 fully saturated rings. The van der Waals surface area contributed by atoms with E-state index in [-0.39, 0.29) is 0 Å². The van der Waals surface area contributed by atoms with Gasteiger partial charge in [0.1, 0.15) is 0 Å². The number of hydrogen-bond donors (Lipinski definition) is 1. The van der Waals surface area contributed by atoms with Crippen molar-refractivity contribution in [1.82, 2.24) is 0 Å². The average molecular weight is 297 g/mol. The Labute approximate surface area is 136 Å². The Balaban J connectivity index is 0.000000540. The van der Waals surface area contributed by atoms with E-state index in [2.05, 4.69) is 63.2 Å². The van der Waals surface area contributed by atoms with Gasteiger partial charge in [0.2, 0.25) is 0 Å². The Morgan fingerprint density at radius 1 is 0.818 bits per heavy atom. The molecule has 0 aliphatic carbocycles. The second-order valence-electron chi connectivity index (χ2n) is 5.58. The molecule has 0 radical (unpaired) electrons. The lowest BCUT2D eigenvalue weighted by Gasteiger charge is -2.06. The van der Waals surface area contributed by atoms with Crippen LogP contribution in [0.3, 0.4) is 0 Å². The van der Waals surface area contributed by atoms with Gasteiger partial charge in [0.05, 0.1) is 0 Å². The Bertz CT molecular complexity index is 568. The molecule has 0 heterocycles. The first kappa shape index (κ1) is 20.1. The van der Waals surface area contributed by atoms with Gasteiger partial charge in [-0.1, -0.05) is 75.7 Å². The zero-order chi connectivity index (χ0) is 17.1. The normalized spacial score (nSPS) is 9.27. The zero-order valence-corrected chi connectivity index (χ0v) is 15.2. The van der Waals surface area contributed by atoms with Crippen LogP contribution in [0.25, 0.3) is 11.1 Å². The Hall–Kier alpha value is -1.89. The smallest absolute Gasteiger partial charge is 0.00223 e. The molecule has 0 unspecified atom stereocenters. The van der Waals surface area contributed by atoms with Crippen molar-refractivity contribution in [1.29, 1.82) is 5.41 Å². The van der Waals surface area contributed by atoms with Crippen molar-refractivity contribution in [3.8, 4) is 11.1 Å². The van der Waals surface area contributed by atoms with Crippen molar-refractivity contribution in [2.45, 2.75) is 48.5 Å². The van der Waals surface area contributed by atoms with E-state index in [4.69, 9.17) is 5.41 Å². The molecule has 0 amide bonds. The van der Waals surface area contributed by atoms with Gasteiger partial charge in [-0.3, -0.25) is 0 Å². The van der Waals surface area contributed by atoms with Crippen LogP contribution in [0, 0.1) is 32.1 Å². The molecule has 2 rings (SSSR count). The van der Waals surface area contributed by atoms with Crippen LogP contribution in [0.1, 0.15) is 44.4 Å². The first-order valence-corrected chi connectivity index (χ1v) is 8.09. The van der Waals surface area contributed by atoms with Crippen LogP contribution in [-0.4, -0.2) is 6.21 Å². The van der Waals surface area contributed by atoms with E-state index in [1.54, 1.807) is 0 Å². The van der Waals surface area contributed by atoms with Gasteiger partial charge < -0.3 is 5.41 Å². The summed E-state index contributed by atoms with van der Waals surface area (Å²) in [7, 11) is 0. The van der Waals surface area contributed by atoms with Gasteiger partial charge in [0.25, 0.3) is 0 Å². The molecule has 0 bridgehead atoms. The fourth-order valence-electron chi connectivity index (χ4n) is 1.75. The number of hydrogen-bond acceptors (Lipinski definition) is 1. The van der Waals surface area contributed by atoms with Gasteiger partial charge in [-0.15, -0.1) is 0 Å². The highest BCUT2D eigenvalue weighted by molar-refractivity contribution is 5.65. The van der Waals surface area contributed by atoms with E-state index in [9.17, 15) is 0 Å². The first-order valence-electron chi connectivity index (χ1n) is 8.09. The van der Waals surface area contributed by atoms with Crippen LogP contribution < -0.4 is 0 Å². The van der Waals surface area contributed by atoms with Crippen molar-refractivity contribution in [2.24, 2.45) is 5.92 Å². The molecule has 0 saturated heterocycles. The molecule has 0 aromatic heterocycles. The van der Waals surface area contributed by atoms with E-state index in [1.165, 1.54) is 34.0 Å². The minimum atomic E-state index is 0.426. The van der Waals surface area contributed by atoms with E-state index in [0.29, 0.717) is 5.92 Å². The number of aryl methyl sites for hydroxylation is 3. The highest BCUT2D eigenvalue weighted by atomic mass is 14.3. The third-order valence-electron chi connectivity index (χ3n) is 3.19. The molecule has 0 aliphatic heterocycles. The van der Waals surface area contributed by atoms with Crippen LogP contribution in [0.15, 0.2) is 42.5 Å². The SMILES string of the molecule is CC.CC(C)C=N.Cc1cccc(-c2ccc(C)c(C)c2)c1. The lowest BCUT2D eigenvalue weighted by atomic mass is 9.99. The standard InChI is InChI=1S/C15H16.C4H9N.C2H6/c1-11-5-4-6-14(9-11)15-8-7-12(2)13(3)10-15;1-4(2)3-5;1-2/h4-10H,1-3H3;3-5H,1-2H3;1-2H3. The van der Waals surface area contributed by atoms with Crippen molar-refractivity contribution < 1.29 is 0 Å². The molecule has 22 heavy (non-hydrogen) atoms. The fourth-order valence-corrected chi connectivity index (χ4v) is 1.75. The van der Waals surface area contributed by atoms with Gasteiger partial charge in [0, 0.05) is 0 Å². The Kier molecular flexibility index (Phi) is 9.86. The van der Waals surface area contributed by atoms with Crippen LogP contribution in [-0.2, 0) is 0 Å². The minimum Gasteiger partial charge on any atom is -0.313 e. The van der Waals surface area contributed by atoms with Crippen LogP contribution in [0.5, 0.6) is 0 Å². The van der Waals surface area contributed by atoms with E-state index in [0.717, 1.165) is 0 Å². The van der Waals surface area contributed by atoms with Crippen molar-refractivity contribution in [3.63, 3.8) is 0 Å². The predicted octanol–water partition coefficient (Wildman–Crippen LogP) is 6.60. The molecule has 0 atom stereocenters. The summed E-state index contributed by atoms with van der Waals surface area (Å²) in [5.41, 5.74) is 6.63. The molecule has 1 N–H and O–H groups in total. The van der Waals surface area contributed by atoms with Crippen LogP contribution in [0.2, 0.25) is 0 Å². The summed E-state index contributed by atoms with van der Waals surface area (Å²) >= 11 is 0. The maximum absolute atomic E-state index is 6.53. The number of rotatable bonds is 2. The molecular weight excluding hydrogens is 266 g/mol. The minimum absolute atomic E-state index is 0.426. The highest BCUT2D eigenvalue weighted by Gasteiger charge is 1.99. The van der Waals surface area contributed by atoms with Crippen molar-refractivity contribution in [3.05, 3.63) is 59.2 Å². The van der Waals surface area contributed by atoms with Gasteiger partial charge in [0.15, 0.2) is 0 Å². The zero-order valence-electron chi connectivity index (χ0n) is 15.2. The largest absolute Gasteiger partial charge is 0.313 e. The summed E-state index contributed by atoms with van der Waals surface area (Å²) in [6, 6.07) is 15.3. The van der Waals surface area contributed by atoms with Gasteiger partial charge in [-0.2, -0.15) is 0 Å². The molecule has 0 saturated carbocycles. The lowest BCUT2D eigenvalue weighted by molar-refractivity contribution is 0.902. The Morgan fingerprint density at radius 2 is 1.36 bits per heavy atom. The fraction of sp³-hybridized carbons (Fsp3) is 0.381. The summed E-state index contributed by atoms with van der Waals surface area (Å²) in [4.78, 5) is 0. The third kappa shape index (κ3) is 7.21. The molecule has 2 aromatic carbocycles. The van der Waals surface area contributed by atoms with E-state index in [1.807, 2.05) is 27.7 Å². The lowest BCUT2D eigenvalue weighted by Crippen LogP contribution is -1.84. The van der Waals surface area contributed by atoms with Gasteiger partial charge in [-0.25, -0.2) is 0 Å². The topological polar surface area (TPSA) is 23.9 Å². The maximum Gasteiger partial charge on any atom is -0.00223 e. The van der Waals surface area contributed by atoms with Crippen LogP contribution in [0.4, 0.5) is 0 Å². The third-order valence-corrected chi connectivity index (χ3v) is 3.19. The average Bonchev–Trinajstić information content (AvgIpc) is 2.52. The molecule has 1 heteroatoms. The monoisotopic (exact) mass is 297 g/mol. The molecule has 2 aromatic rings. The van der Waals surface area contributed by atoms with Gasteiger partial charge >= 0.3 is 0 Å².